The lowest BCUT2D eigenvalue weighted by atomic mass is 9.71. The molecule has 28 heavy (non-hydrogen) atoms. The van der Waals surface area contributed by atoms with Crippen molar-refractivity contribution in [2.45, 2.75) is 84.6 Å². The number of hydrogen-bond donors (Lipinski definition) is 2. The number of nitrogens with zero attached hydrogens (tertiary/aromatic N) is 1. The number of aryl methyl sites for hydroxylation is 1. The zero-order chi connectivity index (χ0) is 19.9. The number of fused-ring (bicyclic) bond motifs is 2. The van der Waals surface area contributed by atoms with Crippen LogP contribution in [0.1, 0.15) is 86.6 Å². The summed E-state index contributed by atoms with van der Waals surface area (Å²) < 4.78 is 0. The van der Waals surface area contributed by atoms with Crippen LogP contribution in [0.5, 0.6) is 0 Å². The van der Waals surface area contributed by atoms with Crippen molar-refractivity contribution in [1.82, 2.24) is 10.3 Å². The summed E-state index contributed by atoms with van der Waals surface area (Å²) in [5.41, 5.74) is 9.87. The van der Waals surface area contributed by atoms with Gasteiger partial charge in [-0.2, -0.15) is 0 Å². The fourth-order valence-electron chi connectivity index (χ4n) is 4.77. The summed E-state index contributed by atoms with van der Waals surface area (Å²) in [5, 5.41) is 4.20. The normalized spacial score (nSPS) is 21.3. The first-order valence-corrected chi connectivity index (χ1v) is 11.7. The van der Waals surface area contributed by atoms with Gasteiger partial charge in [-0.15, -0.1) is 11.3 Å². The number of nitrogens with two attached hydrogens (primary N) is 1. The molecular weight excluding hydrogens is 366 g/mol. The molecule has 3 N–H and O–H groups in total. The first-order chi connectivity index (χ1) is 13.3. The number of rotatable bonds is 2. The van der Waals surface area contributed by atoms with Crippen LogP contribution in [0.3, 0.4) is 0 Å². The molecule has 2 aliphatic carbocycles. The lowest BCUT2D eigenvalue weighted by molar-refractivity contribution is 0.0938. The second kappa shape index (κ2) is 7.66. The number of hydrogen-bond acceptors (Lipinski definition) is 4. The van der Waals surface area contributed by atoms with Gasteiger partial charge in [0.1, 0.15) is 9.71 Å². The van der Waals surface area contributed by atoms with Gasteiger partial charge in [0.05, 0.1) is 5.69 Å². The van der Waals surface area contributed by atoms with E-state index in [4.69, 9.17) is 10.7 Å². The lowest BCUT2D eigenvalue weighted by Crippen LogP contribution is -2.34. The predicted octanol–water partition coefficient (Wildman–Crippen LogP) is 5.48. The molecule has 0 aromatic carbocycles. The molecule has 2 aromatic heterocycles. The topological polar surface area (TPSA) is 68.0 Å². The van der Waals surface area contributed by atoms with Crippen LogP contribution in [0.15, 0.2) is 6.07 Å². The second-order valence-corrected chi connectivity index (χ2v) is 10.8. The molecule has 1 saturated carbocycles. The van der Waals surface area contributed by atoms with Crippen LogP contribution in [0.4, 0.5) is 5.69 Å². The van der Waals surface area contributed by atoms with E-state index in [9.17, 15) is 4.79 Å². The number of aromatic nitrogens is 1. The van der Waals surface area contributed by atoms with Gasteiger partial charge in [0.25, 0.3) is 5.91 Å². The van der Waals surface area contributed by atoms with Gasteiger partial charge in [-0.05, 0) is 55.1 Å². The minimum Gasteiger partial charge on any atom is -0.397 e. The molecule has 2 heterocycles. The molecular formula is C23H33N3OS. The Hall–Kier alpha value is -1.62. The number of nitrogen functional groups attached to an aromatic ring is 1. The Morgan fingerprint density at radius 3 is 2.57 bits per heavy atom. The summed E-state index contributed by atoms with van der Waals surface area (Å²) in [5.74, 6) is 0.648. The van der Waals surface area contributed by atoms with E-state index in [-0.39, 0.29) is 11.9 Å². The van der Waals surface area contributed by atoms with Gasteiger partial charge in [0.2, 0.25) is 0 Å². The first kappa shape index (κ1) is 19.7. The number of amides is 1. The third-order valence-corrected chi connectivity index (χ3v) is 7.82. The molecule has 0 radical (unpaired) electrons. The van der Waals surface area contributed by atoms with Crippen LogP contribution in [-0.4, -0.2) is 16.9 Å². The Kier molecular flexibility index (Phi) is 5.38. The van der Waals surface area contributed by atoms with Crippen LogP contribution in [0.2, 0.25) is 0 Å². The molecule has 5 heteroatoms. The van der Waals surface area contributed by atoms with E-state index in [0.29, 0.717) is 21.9 Å². The third-order valence-electron chi connectivity index (χ3n) is 6.71. The SMILES string of the molecule is CC(C)(C)C1CCc2nc3sc(C(=O)NC4CCCCCC4)c(N)c3cc2C1. The molecule has 152 valence electrons. The molecule has 0 spiro atoms. The lowest BCUT2D eigenvalue weighted by Gasteiger charge is -2.34. The molecule has 0 saturated heterocycles. The first-order valence-electron chi connectivity index (χ1n) is 10.8. The van der Waals surface area contributed by atoms with Crippen molar-refractivity contribution in [2.75, 3.05) is 5.73 Å². The average Bonchev–Trinajstić information content (AvgIpc) is 2.82. The zero-order valence-corrected chi connectivity index (χ0v) is 18.3. The Labute approximate surface area is 172 Å². The van der Waals surface area contributed by atoms with Crippen molar-refractivity contribution < 1.29 is 4.79 Å². The number of carbonyl (C=O) groups is 1. The van der Waals surface area contributed by atoms with Crippen LogP contribution >= 0.6 is 11.3 Å². The van der Waals surface area contributed by atoms with Crippen molar-refractivity contribution in [2.24, 2.45) is 11.3 Å². The largest absolute Gasteiger partial charge is 0.397 e. The minimum absolute atomic E-state index is 0.0158. The van der Waals surface area contributed by atoms with Crippen molar-refractivity contribution >= 4 is 33.1 Å². The summed E-state index contributed by atoms with van der Waals surface area (Å²) in [6.07, 6.45) is 10.4. The Bertz CT molecular complexity index is 872. The van der Waals surface area contributed by atoms with E-state index in [1.807, 2.05) is 0 Å². The fraction of sp³-hybridized carbons (Fsp3) is 0.652. The third kappa shape index (κ3) is 3.91. The van der Waals surface area contributed by atoms with E-state index < -0.39 is 0 Å². The highest BCUT2D eigenvalue weighted by molar-refractivity contribution is 7.21. The summed E-state index contributed by atoms with van der Waals surface area (Å²) in [6, 6.07) is 2.50. The quantitative estimate of drug-likeness (QED) is 0.657. The van der Waals surface area contributed by atoms with Crippen LogP contribution in [0.25, 0.3) is 10.2 Å². The van der Waals surface area contributed by atoms with Gasteiger partial charge in [-0.25, -0.2) is 4.98 Å². The summed E-state index contributed by atoms with van der Waals surface area (Å²) in [6.45, 7) is 6.97. The maximum absolute atomic E-state index is 12.9. The molecule has 1 atom stereocenters. The van der Waals surface area contributed by atoms with Crippen LogP contribution < -0.4 is 11.1 Å². The standard InChI is InChI=1S/C23H33N3OS/c1-23(2,3)15-10-11-18-14(12-15)13-17-19(24)20(28-22(17)26-18)21(27)25-16-8-6-4-5-7-9-16/h13,15-16H,4-12,24H2,1-3H3,(H,25,27). The minimum atomic E-state index is -0.0158. The highest BCUT2D eigenvalue weighted by atomic mass is 32.1. The summed E-state index contributed by atoms with van der Waals surface area (Å²) in [4.78, 5) is 19.4. The van der Waals surface area contributed by atoms with Crippen molar-refractivity contribution in [3.63, 3.8) is 0 Å². The van der Waals surface area contributed by atoms with Gasteiger partial charge in [0, 0.05) is 17.1 Å². The number of thiophene rings is 1. The maximum atomic E-state index is 12.9. The molecule has 4 nitrogen and oxygen atoms in total. The second-order valence-electron chi connectivity index (χ2n) is 9.76. The molecule has 4 rings (SSSR count). The average molecular weight is 400 g/mol. The molecule has 1 amide bonds. The molecule has 0 aliphatic heterocycles. The summed E-state index contributed by atoms with van der Waals surface area (Å²) >= 11 is 1.46. The Morgan fingerprint density at radius 1 is 1.18 bits per heavy atom. The Morgan fingerprint density at radius 2 is 1.89 bits per heavy atom. The van der Waals surface area contributed by atoms with Gasteiger partial charge < -0.3 is 11.1 Å². The van der Waals surface area contributed by atoms with E-state index in [0.717, 1.165) is 35.9 Å². The smallest absolute Gasteiger partial charge is 0.263 e. The highest BCUT2D eigenvalue weighted by Crippen LogP contribution is 2.40. The molecule has 1 fully saturated rings. The highest BCUT2D eigenvalue weighted by Gasteiger charge is 2.30. The van der Waals surface area contributed by atoms with E-state index in [1.165, 1.54) is 54.7 Å². The monoisotopic (exact) mass is 399 g/mol. The van der Waals surface area contributed by atoms with Gasteiger partial charge in [-0.3, -0.25) is 4.79 Å². The molecule has 2 aromatic rings. The van der Waals surface area contributed by atoms with Gasteiger partial charge in [0.15, 0.2) is 0 Å². The number of pyridine rings is 1. The number of nitrogens with one attached hydrogen (secondary N) is 1. The van der Waals surface area contributed by atoms with Gasteiger partial charge in [-0.1, -0.05) is 46.5 Å². The van der Waals surface area contributed by atoms with Crippen molar-refractivity contribution in [1.29, 1.82) is 0 Å². The zero-order valence-electron chi connectivity index (χ0n) is 17.4. The summed E-state index contributed by atoms with van der Waals surface area (Å²) in [7, 11) is 0. The van der Waals surface area contributed by atoms with Crippen LogP contribution in [0, 0.1) is 11.3 Å². The van der Waals surface area contributed by atoms with Crippen LogP contribution in [-0.2, 0) is 12.8 Å². The van der Waals surface area contributed by atoms with Crippen molar-refractivity contribution in [3.8, 4) is 0 Å². The molecule has 1 unspecified atom stereocenters. The van der Waals surface area contributed by atoms with E-state index in [2.05, 4.69) is 32.2 Å². The number of carbonyl (C=O) groups excluding carboxylic acids is 1. The van der Waals surface area contributed by atoms with E-state index >= 15 is 0 Å². The Balaban J connectivity index is 1.59. The van der Waals surface area contributed by atoms with E-state index in [1.54, 1.807) is 0 Å². The molecule has 0 bridgehead atoms. The molecule has 2 aliphatic rings. The predicted molar refractivity (Wildman–Crippen MR) is 118 cm³/mol. The maximum Gasteiger partial charge on any atom is 0.263 e. The van der Waals surface area contributed by atoms with Gasteiger partial charge >= 0.3 is 0 Å². The van der Waals surface area contributed by atoms with Crippen molar-refractivity contribution in [3.05, 3.63) is 22.2 Å². The number of anilines is 1. The fourth-order valence-corrected chi connectivity index (χ4v) is 5.77.